The lowest BCUT2D eigenvalue weighted by Crippen LogP contribution is -2.50. The summed E-state index contributed by atoms with van der Waals surface area (Å²) < 4.78 is 10.9. The zero-order valence-corrected chi connectivity index (χ0v) is 18.9. The maximum absolute atomic E-state index is 11.8. The van der Waals surface area contributed by atoms with Gasteiger partial charge in [-0.25, -0.2) is 0 Å². The molecule has 3 atom stereocenters. The van der Waals surface area contributed by atoms with Crippen molar-refractivity contribution in [1.29, 1.82) is 0 Å². The molecule has 4 aliphatic heterocycles. The highest BCUT2D eigenvalue weighted by Crippen LogP contribution is 2.48. The summed E-state index contributed by atoms with van der Waals surface area (Å²) in [5.74, 6) is 1.49. The molecule has 7 heteroatoms. The number of aliphatic hydroxyl groups is 2. The Morgan fingerprint density at radius 3 is 2.64 bits per heavy atom. The minimum absolute atomic E-state index is 0.0573. The Labute approximate surface area is 193 Å². The number of nitrogens with zero attached hydrogens (tertiary/aromatic N) is 2. The molecule has 7 nitrogen and oxygen atoms in total. The van der Waals surface area contributed by atoms with Crippen molar-refractivity contribution in [2.24, 2.45) is 0 Å². The number of fused-ring (bicyclic) bond motifs is 4. The van der Waals surface area contributed by atoms with Crippen LogP contribution in [0.5, 0.6) is 11.5 Å². The molecular weight excluding hydrogens is 420 g/mol. The van der Waals surface area contributed by atoms with Crippen LogP contribution in [-0.4, -0.2) is 53.0 Å². The molecule has 33 heavy (non-hydrogen) atoms. The van der Waals surface area contributed by atoms with Crippen LogP contribution in [0.2, 0.25) is 0 Å². The fourth-order valence-corrected chi connectivity index (χ4v) is 6.30. The summed E-state index contributed by atoms with van der Waals surface area (Å²) >= 11 is 0. The average Bonchev–Trinajstić information content (AvgIpc) is 3.49. The van der Waals surface area contributed by atoms with Gasteiger partial charge in [-0.3, -0.25) is 9.69 Å². The summed E-state index contributed by atoms with van der Waals surface area (Å²) in [6.07, 6.45) is 3.58. The fourth-order valence-electron chi connectivity index (χ4n) is 6.30. The number of carbonyl (C=O) groups excluding carboxylic acids is 1. The van der Waals surface area contributed by atoms with E-state index >= 15 is 0 Å². The van der Waals surface area contributed by atoms with Crippen LogP contribution >= 0.6 is 0 Å². The Balaban J connectivity index is 1.17. The fraction of sp³-hybridized carbons (Fsp3) is 0.500. The van der Waals surface area contributed by atoms with E-state index in [4.69, 9.17) is 9.47 Å². The molecule has 0 saturated carbocycles. The second-order valence-corrected chi connectivity index (χ2v) is 9.91. The van der Waals surface area contributed by atoms with Crippen molar-refractivity contribution in [3.05, 3.63) is 53.1 Å². The largest absolute Gasteiger partial charge is 0.454 e. The molecule has 4 heterocycles. The second kappa shape index (κ2) is 7.72. The van der Waals surface area contributed by atoms with Crippen LogP contribution in [0.1, 0.15) is 55.4 Å². The van der Waals surface area contributed by atoms with Crippen LogP contribution in [-0.2, 0) is 16.8 Å². The molecule has 2 aromatic rings. The van der Waals surface area contributed by atoms with Crippen LogP contribution in [0, 0.1) is 0 Å². The monoisotopic (exact) mass is 450 g/mol. The standard InChI is InChI=1S/C26H30N2O5/c1-16(29)27-9-8-17-10-18(2-6-22(17)27)23(30)14-28-20-4-5-21(28)13-26(31,12-20)19-3-7-24-25(11-19)33-15-32-24/h2-3,6-7,10-11,20-21,23,30-31H,4-5,8-9,12-15H2,1H3/t20-,21-,23+/m1/s1. The third kappa shape index (κ3) is 3.50. The van der Waals surface area contributed by atoms with Gasteiger partial charge in [0.25, 0.3) is 0 Å². The van der Waals surface area contributed by atoms with Gasteiger partial charge in [0.1, 0.15) is 0 Å². The lowest BCUT2D eigenvalue weighted by atomic mass is 9.80. The lowest BCUT2D eigenvalue weighted by molar-refractivity contribution is -0.116. The highest BCUT2D eigenvalue weighted by Gasteiger charge is 2.49. The number of rotatable bonds is 4. The van der Waals surface area contributed by atoms with E-state index in [1.807, 2.05) is 30.3 Å². The predicted molar refractivity (Wildman–Crippen MR) is 122 cm³/mol. The third-order valence-electron chi connectivity index (χ3n) is 7.98. The summed E-state index contributed by atoms with van der Waals surface area (Å²) in [5, 5.41) is 22.7. The maximum atomic E-state index is 11.8. The van der Waals surface area contributed by atoms with Crippen molar-refractivity contribution >= 4 is 11.6 Å². The molecule has 2 N–H and O–H groups in total. The molecule has 1 amide bonds. The minimum atomic E-state index is -0.891. The van der Waals surface area contributed by atoms with Crippen molar-refractivity contribution in [2.75, 3.05) is 24.8 Å². The Kier molecular flexibility index (Phi) is 4.90. The van der Waals surface area contributed by atoms with Crippen LogP contribution in [0.25, 0.3) is 0 Å². The quantitative estimate of drug-likeness (QED) is 0.746. The summed E-state index contributed by atoms with van der Waals surface area (Å²) in [7, 11) is 0. The van der Waals surface area contributed by atoms with Gasteiger partial charge in [-0.1, -0.05) is 18.2 Å². The van der Waals surface area contributed by atoms with Gasteiger partial charge in [-0.05, 0) is 67.0 Å². The Morgan fingerprint density at radius 1 is 1.12 bits per heavy atom. The number of carbonyl (C=O) groups is 1. The van der Waals surface area contributed by atoms with Crippen molar-refractivity contribution < 1.29 is 24.5 Å². The SMILES string of the molecule is CC(=O)N1CCc2cc([C@@H](O)CN3[C@@H]4CC[C@@H]3CC(O)(c3ccc5c(c3)OCO5)C4)ccc21. The highest BCUT2D eigenvalue weighted by atomic mass is 16.7. The Bertz CT molecular complexity index is 1090. The van der Waals surface area contributed by atoms with Crippen molar-refractivity contribution in [1.82, 2.24) is 4.90 Å². The molecule has 0 unspecified atom stereocenters. The summed E-state index contributed by atoms with van der Waals surface area (Å²) in [6.45, 7) is 3.08. The van der Waals surface area contributed by atoms with Gasteiger partial charge in [0.2, 0.25) is 12.7 Å². The van der Waals surface area contributed by atoms with Gasteiger partial charge in [0.15, 0.2) is 11.5 Å². The van der Waals surface area contributed by atoms with E-state index in [2.05, 4.69) is 11.0 Å². The van der Waals surface area contributed by atoms with Crippen LogP contribution < -0.4 is 14.4 Å². The smallest absolute Gasteiger partial charge is 0.231 e. The van der Waals surface area contributed by atoms with Gasteiger partial charge in [-0.15, -0.1) is 0 Å². The van der Waals surface area contributed by atoms with E-state index in [1.54, 1.807) is 11.8 Å². The molecule has 0 spiro atoms. The van der Waals surface area contributed by atoms with Crippen LogP contribution in [0.3, 0.4) is 0 Å². The summed E-state index contributed by atoms with van der Waals surface area (Å²) in [6, 6.07) is 12.2. The number of hydrogen-bond acceptors (Lipinski definition) is 6. The molecule has 0 aliphatic carbocycles. The zero-order valence-electron chi connectivity index (χ0n) is 18.9. The molecule has 2 fully saturated rings. The first-order valence-electron chi connectivity index (χ1n) is 11.9. The van der Waals surface area contributed by atoms with E-state index in [-0.39, 0.29) is 24.8 Å². The topological polar surface area (TPSA) is 82.5 Å². The highest BCUT2D eigenvalue weighted by molar-refractivity contribution is 5.93. The van der Waals surface area contributed by atoms with E-state index in [0.717, 1.165) is 47.4 Å². The number of hydrogen-bond donors (Lipinski definition) is 2. The Morgan fingerprint density at radius 2 is 1.88 bits per heavy atom. The number of ether oxygens (including phenoxy) is 2. The van der Waals surface area contributed by atoms with Crippen LogP contribution in [0.4, 0.5) is 5.69 Å². The molecule has 4 aliphatic rings. The number of amides is 1. The lowest BCUT2D eigenvalue weighted by Gasteiger charge is -2.44. The van der Waals surface area contributed by atoms with Crippen LogP contribution in [0.15, 0.2) is 36.4 Å². The molecule has 2 aromatic carbocycles. The normalized spacial score (nSPS) is 28.8. The van der Waals surface area contributed by atoms with E-state index in [1.165, 1.54) is 0 Å². The average molecular weight is 451 g/mol. The van der Waals surface area contributed by atoms with Gasteiger partial charge < -0.3 is 24.6 Å². The molecule has 2 saturated heterocycles. The summed E-state index contributed by atoms with van der Waals surface area (Å²) in [5.41, 5.74) is 2.98. The van der Waals surface area contributed by atoms with Gasteiger partial charge in [0, 0.05) is 37.8 Å². The van der Waals surface area contributed by atoms with Crippen molar-refractivity contribution in [3.8, 4) is 11.5 Å². The second-order valence-electron chi connectivity index (χ2n) is 9.91. The Hall–Kier alpha value is -2.61. The van der Waals surface area contributed by atoms with Gasteiger partial charge in [-0.2, -0.15) is 0 Å². The molecule has 0 radical (unpaired) electrons. The van der Waals surface area contributed by atoms with E-state index in [0.29, 0.717) is 31.7 Å². The first-order valence-corrected chi connectivity index (χ1v) is 11.9. The first kappa shape index (κ1) is 21.0. The molecule has 2 bridgehead atoms. The van der Waals surface area contributed by atoms with Crippen molar-refractivity contribution in [2.45, 2.75) is 62.8 Å². The molecular formula is C26H30N2O5. The molecule has 0 aromatic heterocycles. The number of aliphatic hydroxyl groups excluding tert-OH is 1. The molecule has 6 rings (SSSR count). The van der Waals surface area contributed by atoms with Gasteiger partial charge in [0.05, 0.1) is 11.7 Å². The maximum Gasteiger partial charge on any atom is 0.231 e. The number of anilines is 1. The summed E-state index contributed by atoms with van der Waals surface area (Å²) in [4.78, 5) is 16.0. The zero-order chi connectivity index (χ0) is 22.7. The van der Waals surface area contributed by atoms with Crippen molar-refractivity contribution in [3.63, 3.8) is 0 Å². The first-order chi connectivity index (χ1) is 15.9. The minimum Gasteiger partial charge on any atom is -0.454 e. The predicted octanol–water partition coefficient (Wildman–Crippen LogP) is 2.87. The number of piperidine rings is 1. The molecule has 174 valence electrons. The van der Waals surface area contributed by atoms with E-state index in [9.17, 15) is 15.0 Å². The number of benzene rings is 2. The van der Waals surface area contributed by atoms with E-state index < -0.39 is 11.7 Å². The van der Waals surface area contributed by atoms with Gasteiger partial charge >= 0.3 is 0 Å². The third-order valence-corrected chi connectivity index (χ3v) is 7.98.